The van der Waals surface area contributed by atoms with E-state index in [0.29, 0.717) is 27.8 Å². The molecule has 2 aromatic heterocycles. The van der Waals surface area contributed by atoms with Gasteiger partial charge in [-0.25, -0.2) is 9.36 Å². The van der Waals surface area contributed by atoms with Crippen LogP contribution in [0.1, 0.15) is 16.1 Å². The van der Waals surface area contributed by atoms with Crippen molar-refractivity contribution in [1.29, 1.82) is 0 Å². The molecule has 0 aliphatic carbocycles. The molecule has 2 N–H and O–H groups in total. The zero-order valence-corrected chi connectivity index (χ0v) is 14.5. The summed E-state index contributed by atoms with van der Waals surface area (Å²) in [5.41, 5.74) is 3.68. The summed E-state index contributed by atoms with van der Waals surface area (Å²) in [6.45, 7) is 1.62. The van der Waals surface area contributed by atoms with E-state index >= 15 is 0 Å². The van der Waals surface area contributed by atoms with Crippen molar-refractivity contribution >= 4 is 16.8 Å². The standard InChI is InChI=1S/C20H16N4O3/c1-13-18-16(21-24(20(18)27)15-10-6-3-7-11-15)12-17(25)23(13)22-19(26)14-8-4-2-5-9-14/h2-12,21H,1H3,(H,22,26). The third-order valence-corrected chi connectivity index (χ3v) is 4.37. The molecule has 0 fully saturated rings. The zero-order chi connectivity index (χ0) is 19.0. The number of carbonyl (C=O) groups is 1. The lowest BCUT2D eigenvalue weighted by Crippen LogP contribution is -2.34. The molecule has 0 unspecified atom stereocenters. The predicted molar refractivity (Wildman–Crippen MR) is 103 cm³/mol. The first-order valence-electron chi connectivity index (χ1n) is 8.35. The Hall–Kier alpha value is -3.87. The van der Waals surface area contributed by atoms with E-state index in [1.165, 1.54) is 10.7 Å². The van der Waals surface area contributed by atoms with E-state index in [9.17, 15) is 14.4 Å². The Balaban J connectivity index is 1.84. The highest BCUT2D eigenvalue weighted by Gasteiger charge is 2.16. The number of amides is 1. The van der Waals surface area contributed by atoms with E-state index in [1.54, 1.807) is 49.4 Å². The topological polar surface area (TPSA) is 88.9 Å². The molecule has 0 spiro atoms. The summed E-state index contributed by atoms with van der Waals surface area (Å²) in [4.78, 5) is 37.8. The highest BCUT2D eigenvalue weighted by molar-refractivity contribution is 6.00. The van der Waals surface area contributed by atoms with Crippen molar-refractivity contribution in [2.24, 2.45) is 0 Å². The lowest BCUT2D eigenvalue weighted by Gasteiger charge is -2.11. The summed E-state index contributed by atoms with van der Waals surface area (Å²) in [5.74, 6) is -0.431. The van der Waals surface area contributed by atoms with Crippen molar-refractivity contribution in [3.05, 3.63) is 98.7 Å². The Labute approximate surface area is 153 Å². The number of hydrogen-bond acceptors (Lipinski definition) is 3. The van der Waals surface area contributed by atoms with Gasteiger partial charge in [-0.05, 0) is 31.2 Å². The van der Waals surface area contributed by atoms with Gasteiger partial charge in [-0.15, -0.1) is 0 Å². The molecule has 0 atom stereocenters. The van der Waals surface area contributed by atoms with Crippen LogP contribution in [-0.2, 0) is 0 Å². The van der Waals surface area contributed by atoms with Crippen LogP contribution in [0.4, 0.5) is 0 Å². The van der Waals surface area contributed by atoms with E-state index in [-0.39, 0.29) is 5.56 Å². The van der Waals surface area contributed by atoms with Gasteiger partial charge < -0.3 is 0 Å². The molecule has 4 rings (SSSR count). The molecule has 0 saturated carbocycles. The van der Waals surface area contributed by atoms with E-state index in [4.69, 9.17) is 0 Å². The van der Waals surface area contributed by atoms with Crippen molar-refractivity contribution in [2.45, 2.75) is 6.92 Å². The molecule has 0 bridgehead atoms. The maximum absolute atomic E-state index is 12.9. The molecular formula is C20H16N4O3. The van der Waals surface area contributed by atoms with Crippen LogP contribution in [0.2, 0.25) is 0 Å². The van der Waals surface area contributed by atoms with Crippen molar-refractivity contribution in [3.8, 4) is 5.69 Å². The second kappa shape index (κ2) is 6.45. The van der Waals surface area contributed by atoms with Crippen LogP contribution in [-0.4, -0.2) is 20.4 Å². The fourth-order valence-electron chi connectivity index (χ4n) is 3.03. The minimum Gasteiger partial charge on any atom is -0.290 e. The van der Waals surface area contributed by atoms with Gasteiger partial charge in [-0.3, -0.25) is 24.9 Å². The quantitative estimate of drug-likeness (QED) is 0.587. The number of aryl methyl sites for hydroxylation is 1. The molecule has 2 aromatic carbocycles. The first kappa shape index (κ1) is 16.6. The average molecular weight is 360 g/mol. The van der Waals surface area contributed by atoms with Gasteiger partial charge in [0, 0.05) is 11.6 Å². The maximum atomic E-state index is 12.9. The molecular weight excluding hydrogens is 344 g/mol. The summed E-state index contributed by atoms with van der Waals surface area (Å²) < 4.78 is 2.47. The number of fused-ring (bicyclic) bond motifs is 1. The lowest BCUT2D eigenvalue weighted by atomic mass is 10.2. The Morgan fingerprint density at radius 1 is 0.963 bits per heavy atom. The SMILES string of the molecule is Cc1c2c(=O)n(-c3ccccc3)[nH]c2cc(=O)n1NC(=O)c1ccccc1. The molecule has 0 saturated heterocycles. The first-order chi connectivity index (χ1) is 13.1. The van der Waals surface area contributed by atoms with Gasteiger partial charge in [0.25, 0.3) is 17.0 Å². The number of aromatic amines is 1. The Kier molecular flexibility index (Phi) is 3.97. The predicted octanol–water partition coefficient (Wildman–Crippen LogP) is 2.17. The summed E-state index contributed by atoms with van der Waals surface area (Å²) >= 11 is 0. The molecule has 0 aliphatic heterocycles. The fraction of sp³-hybridized carbons (Fsp3) is 0.0500. The van der Waals surface area contributed by atoms with Crippen LogP contribution >= 0.6 is 0 Å². The van der Waals surface area contributed by atoms with Gasteiger partial charge in [0.15, 0.2) is 0 Å². The molecule has 0 aliphatic rings. The molecule has 4 aromatic rings. The van der Waals surface area contributed by atoms with Crippen molar-refractivity contribution < 1.29 is 4.79 Å². The average Bonchev–Trinajstić information content (AvgIpc) is 3.02. The number of nitrogens with zero attached hydrogens (tertiary/aromatic N) is 2. The van der Waals surface area contributed by atoms with Gasteiger partial charge in [0.2, 0.25) is 0 Å². The molecule has 7 heteroatoms. The Morgan fingerprint density at radius 2 is 1.59 bits per heavy atom. The van der Waals surface area contributed by atoms with Gasteiger partial charge in [0.05, 0.1) is 22.3 Å². The summed E-state index contributed by atoms with van der Waals surface area (Å²) in [7, 11) is 0. The summed E-state index contributed by atoms with van der Waals surface area (Å²) in [6.07, 6.45) is 0. The number of hydrogen-bond donors (Lipinski definition) is 2. The van der Waals surface area contributed by atoms with Gasteiger partial charge >= 0.3 is 0 Å². The molecule has 1 amide bonds. The van der Waals surface area contributed by atoms with Crippen LogP contribution in [0.5, 0.6) is 0 Å². The van der Waals surface area contributed by atoms with Crippen molar-refractivity contribution in [1.82, 2.24) is 14.5 Å². The van der Waals surface area contributed by atoms with E-state index in [0.717, 1.165) is 4.68 Å². The van der Waals surface area contributed by atoms with E-state index in [2.05, 4.69) is 10.5 Å². The van der Waals surface area contributed by atoms with Crippen molar-refractivity contribution in [2.75, 3.05) is 5.43 Å². The fourth-order valence-corrected chi connectivity index (χ4v) is 3.03. The second-order valence-electron chi connectivity index (χ2n) is 6.09. The number of H-pyrrole nitrogens is 1. The van der Waals surface area contributed by atoms with Gasteiger partial charge in [-0.2, -0.15) is 0 Å². The minimum atomic E-state index is -0.439. The Morgan fingerprint density at radius 3 is 2.26 bits per heavy atom. The summed E-state index contributed by atoms with van der Waals surface area (Å²) in [5, 5.41) is 3.29. The van der Waals surface area contributed by atoms with E-state index < -0.39 is 11.5 Å². The van der Waals surface area contributed by atoms with Gasteiger partial charge in [-0.1, -0.05) is 36.4 Å². The Bertz CT molecular complexity index is 1250. The largest absolute Gasteiger partial charge is 0.290 e. The van der Waals surface area contributed by atoms with Gasteiger partial charge in [0.1, 0.15) is 0 Å². The normalized spacial score (nSPS) is 10.9. The third kappa shape index (κ3) is 2.85. The molecule has 7 nitrogen and oxygen atoms in total. The first-order valence-corrected chi connectivity index (χ1v) is 8.35. The van der Waals surface area contributed by atoms with Crippen LogP contribution in [0.25, 0.3) is 16.6 Å². The number of carbonyl (C=O) groups excluding carboxylic acids is 1. The van der Waals surface area contributed by atoms with Crippen LogP contribution in [0.15, 0.2) is 76.3 Å². The second-order valence-corrected chi connectivity index (χ2v) is 6.09. The highest BCUT2D eigenvalue weighted by atomic mass is 16.2. The van der Waals surface area contributed by atoms with Crippen molar-refractivity contribution in [3.63, 3.8) is 0 Å². The van der Waals surface area contributed by atoms with Crippen LogP contribution in [0.3, 0.4) is 0 Å². The molecule has 27 heavy (non-hydrogen) atoms. The van der Waals surface area contributed by atoms with Crippen LogP contribution in [0, 0.1) is 6.92 Å². The molecule has 134 valence electrons. The molecule has 0 radical (unpaired) electrons. The number of para-hydroxylation sites is 1. The third-order valence-electron chi connectivity index (χ3n) is 4.37. The smallest absolute Gasteiger partial charge is 0.280 e. The zero-order valence-electron chi connectivity index (χ0n) is 14.5. The number of benzene rings is 2. The summed E-state index contributed by atoms with van der Waals surface area (Å²) in [6, 6.07) is 18.9. The number of pyridine rings is 1. The number of nitrogens with one attached hydrogen (secondary N) is 2. The van der Waals surface area contributed by atoms with E-state index in [1.807, 2.05) is 18.2 Å². The monoisotopic (exact) mass is 360 g/mol. The molecule has 2 heterocycles. The number of rotatable bonds is 3. The minimum absolute atomic E-state index is 0.295. The lowest BCUT2D eigenvalue weighted by molar-refractivity contribution is 0.101. The van der Waals surface area contributed by atoms with Crippen LogP contribution < -0.4 is 16.5 Å². The highest BCUT2D eigenvalue weighted by Crippen LogP contribution is 2.13. The number of aromatic nitrogens is 3. The maximum Gasteiger partial charge on any atom is 0.280 e.